The van der Waals surface area contributed by atoms with Crippen molar-refractivity contribution in [3.63, 3.8) is 0 Å². The summed E-state index contributed by atoms with van der Waals surface area (Å²) in [6, 6.07) is 15.5. The number of anilines is 1. The van der Waals surface area contributed by atoms with Crippen molar-refractivity contribution in [1.82, 2.24) is 4.57 Å². The van der Waals surface area contributed by atoms with Crippen LogP contribution in [-0.4, -0.2) is 4.57 Å². The molecular weight excluding hydrogens is 270 g/mol. The molecule has 0 radical (unpaired) electrons. The van der Waals surface area contributed by atoms with Crippen molar-refractivity contribution < 1.29 is 0 Å². The van der Waals surface area contributed by atoms with Crippen LogP contribution >= 0.6 is 11.6 Å². The fraction of sp³-hybridized carbons (Fsp3) is 0.0625. The standard InChI is InChI=1S/C16H12ClN3/c17-15-4-2-1-3-11(15)9-20-10-12(8-18)14-7-13(19)5-6-16(14)20/h1-7,10H,9,19H2. The van der Waals surface area contributed by atoms with Crippen LogP contribution in [0.2, 0.25) is 5.02 Å². The van der Waals surface area contributed by atoms with E-state index in [-0.39, 0.29) is 0 Å². The average Bonchev–Trinajstić information content (AvgIpc) is 2.78. The SMILES string of the molecule is N#Cc1cn(Cc2ccccc2Cl)c2ccc(N)cc12. The van der Waals surface area contributed by atoms with Crippen LogP contribution in [0.25, 0.3) is 10.9 Å². The second-order valence-corrected chi connectivity index (χ2v) is 5.06. The molecule has 0 aliphatic heterocycles. The Balaban J connectivity index is 2.13. The normalized spacial score (nSPS) is 10.6. The number of hydrogen-bond donors (Lipinski definition) is 1. The molecule has 0 saturated heterocycles. The van der Waals surface area contributed by atoms with E-state index in [4.69, 9.17) is 17.3 Å². The van der Waals surface area contributed by atoms with E-state index in [1.54, 1.807) is 0 Å². The highest BCUT2D eigenvalue weighted by atomic mass is 35.5. The number of fused-ring (bicyclic) bond motifs is 1. The molecule has 1 heterocycles. The van der Waals surface area contributed by atoms with E-state index in [9.17, 15) is 5.26 Å². The first-order valence-electron chi connectivity index (χ1n) is 6.21. The smallest absolute Gasteiger partial charge is 0.101 e. The molecule has 3 nitrogen and oxygen atoms in total. The van der Waals surface area contributed by atoms with E-state index in [0.29, 0.717) is 17.8 Å². The van der Waals surface area contributed by atoms with E-state index in [0.717, 1.165) is 21.5 Å². The molecule has 2 N–H and O–H groups in total. The van der Waals surface area contributed by atoms with Crippen molar-refractivity contribution in [3.8, 4) is 6.07 Å². The van der Waals surface area contributed by atoms with Gasteiger partial charge in [-0.1, -0.05) is 29.8 Å². The van der Waals surface area contributed by atoms with Crippen LogP contribution in [0, 0.1) is 11.3 Å². The summed E-state index contributed by atoms with van der Waals surface area (Å²) in [5.74, 6) is 0. The fourth-order valence-electron chi connectivity index (χ4n) is 2.34. The first-order valence-corrected chi connectivity index (χ1v) is 6.58. The number of benzene rings is 2. The van der Waals surface area contributed by atoms with Crippen LogP contribution in [0.5, 0.6) is 0 Å². The number of rotatable bonds is 2. The number of hydrogen-bond acceptors (Lipinski definition) is 2. The number of aromatic nitrogens is 1. The van der Waals surface area contributed by atoms with Gasteiger partial charge in [0, 0.05) is 34.4 Å². The quantitative estimate of drug-likeness (QED) is 0.727. The minimum Gasteiger partial charge on any atom is -0.399 e. The summed E-state index contributed by atoms with van der Waals surface area (Å²) in [6.45, 7) is 0.627. The molecule has 0 fully saturated rings. The van der Waals surface area contributed by atoms with E-state index in [1.807, 2.05) is 53.2 Å². The molecule has 0 saturated carbocycles. The molecule has 1 aromatic heterocycles. The summed E-state index contributed by atoms with van der Waals surface area (Å²) in [7, 11) is 0. The molecule has 2 aromatic carbocycles. The van der Waals surface area contributed by atoms with E-state index in [1.165, 1.54) is 0 Å². The lowest BCUT2D eigenvalue weighted by Gasteiger charge is -2.07. The summed E-state index contributed by atoms with van der Waals surface area (Å²) in [5, 5.41) is 10.8. The topological polar surface area (TPSA) is 54.7 Å². The number of nitrogens with zero attached hydrogens (tertiary/aromatic N) is 2. The Kier molecular flexibility index (Phi) is 3.09. The van der Waals surface area contributed by atoms with E-state index >= 15 is 0 Å². The van der Waals surface area contributed by atoms with Gasteiger partial charge in [0.25, 0.3) is 0 Å². The third-order valence-corrected chi connectivity index (χ3v) is 3.69. The van der Waals surface area contributed by atoms with Gasteiger partial charge in [0.1, 0.15) is 6.07 Å². The van der Waals surface area contributed by atoms with Gasteiger partial charge in [0.15, 0.2) is 0 Å². The van der Waals surface area contributed by atoms with Gasteiger partial charge in [0.05, 0.1) is 5.56 Å². The molecule has 0 spiro atoms. The highest BCUT2D eigenvalue weighted by molar-refractivity contribution is 6.31. The van der Waals surface area contributed by atoms with Crippen LogP contribution in [-0.2, 0) is 6.54 Å². The van der Waals surface area contributed by atoms with E-state index < -0.39 is 0 Å². The van der Waals surface area contributed by atoms with Gasteiger partial charge in [-0.3, -0.25) is 0 Å². The zero-order valence-corrected chi connectivity index (χ0v) is 11.4. The molecule has 0 bridgehead atoms. The second-order valence-electron chi connectivity index (χ2n) is 4.65. The molecule has 3 aromatic rings. The first kappa shape index (κ1) is 12.6. The van der Waals surface area contributed by atoms with Crippen molar-refractivity contribution in [2.75, 3.05) is 5.73 Å². The summed E-state index contributed by atoms with van der Waals surface area (Å²) in [4.78, 5) is 0. The van der Waals surface area contributed by atoms with Gasteiger partial charge < -0.3 is 10.3 Å². The summed E-state index contributed by atoms with van der Waals surface area (Å²) in [6.07, 6.45) is 1.84. The van der Waals surface area contributed by atoms with Crippen LogP contribution in [0.3, 0.4) is 0 Å². The maximum absolute atomic E-state index is 9.23. The number of halogens is 1. The van der Waals surface area contributed by atoms with Crippen molar-refractivity contribution in [1.29, 1.82) is 5.26 Å². The molecule has 98 valence electrons. The van der Waals surface area contributed by atoms with Gasteiger partial charge in [-0.2, -0.15) is 5.26 Å². The lowest BCUT2D eigenvalue weighted by Crippen LogP contribution is -1.98. The maximum Gasteiger partial charge on any atom is 0.101 e. The molecule has 3 rings (SSSR count). The van der Waals surface area contributed by atoms with Gasteiger partial charge in [-0.25, -0.2) is 0 Å². The zero-order valence-electron chi connectivity index (χ0n) is 10.7. The predicted molar refractivity (Wildman–Crippen MR) is 81.6 cm³/mol. The summed E-state index contributed by atoms with van der Waals surface area (Å²) >= 11 is 6.19. The zero-order chi connectivity index (χ0) is 14.1. The van der Waals surface area contributed by atoms with Crippen LogP contribution in [0.15, 0.2) is 48.7 Å². The second kappa shape index (κ2) is 4.92. The Morgan fingerprint density at radius 2 is 2.00 bits per heavy atom. The molecule has 0 aliphatic rings. The molecule has 0 amide bonds. The van der Waals surface area contributed by atoms with Crippen molar-refractivity contribution >= 4 is 28.2 Å². The van der Waals surface area contributed by atoms with Gasteiger partial charge in [-0.05, 0) is 29.8 Å². The van der Waals surface area contributed by atoms with Crippen LogP contribution in [0.4, 0.5) is 5.69 Å². The number of nitrogen functional groups attached to an aromatic ring is 1. The van der Waals surface area contributed by atoms with E-state index in [2.05, 4.69) is 6.07 Å². The molecule has 0 atom stereocenters. The third-order valence-electron chi connectivity index (χ3n) is 3.32. The highest BCUT2D eigenvalue weighted by Crippen LogP contribution is 2.25. The lowest BCUT2D eigenvalue weighted by molar-refractivity contribution is 0.836. The fourth-order valence-corrected chi connectivity index (χ4v) is 2.54. The Labute approximate surface area is 121 Å². The maximum atomic E-state index is 9.23. The molecular formula is C16H12ClN3. The van der Waals surface area contributed by atoms with Gasteiger partial charge >= 0.3 is 0 Å². The minimum atomic E-state index is 0.624. The summed E-state index contributed by atoms with van der Waals surface area (Å²) in [5.41, 5.74) is 9.08. The average molecular weight is 282 g/mol. The van der Waals surface area contributed by atoms with Gasteiger partial charge in [0.2, 0.25) is 0 Å². The van der Waals surface area contributed by atoms with Crippen molar-refractivity contribution in [2.24, 2.45) is 0 Å². The Morgan fingerprint density at radius 3 is 2.75 bits per heavy atom. The lowest BCUT2D eigenvalue weighted by atomic mass is 10.2. The third kappa shape index (κ3) is 2.11. The number of nitriles is 1. The van der Waals surface area contributed by atoms with Crippen molar-refractivity contribution in [2.45, 2.75) is 6.54 Å². The number of nitrogens with two attached hydrogens (primary N) is 1. The monoisotopic (exact) mass is 281 g/mol. The molecule has 4 heteroatoms. The summed E-state index contributed by atoms with van der Waals surface area (Å²) < 4.78 is 2.02. The largest absolute Gasteiger partial charge is 0.399 e. The minimum absolute atomic E-state index is 0.624. The molecule has 0 unspecified atom stereocenters. The first-order chi connectivity index (χ1) is 9.69. The Bertz CT molecular complexity index is 827. The van der Waals surface area contributed by atoms with Crippen LogP contribution in [0.1, 0.15) is 11.1 Å². The predicted octanol–water partition coefficient (Wildman–Crippen LogP) is 3.80. The van der Waals surface area contributed by atoms with Crippen LogP contribution < -0.4 is 5.73 Å². The Hall–Kier alpha value is -2.44. The highest BCUT2D eigenvalue weighted by Gasteiger charge is 2.10. The molecule has 20 heavy (non-hydrogen) atoms. The molecule has 0 aliphatic carbocycles. The Morgan fingerprint density at radius 1 is 1.20 bits per heavy atom. The van der Waals surface area contributed by atoms with Gasteiger partial charge in [-0.15, -0.1) is 0 Å². The van der Waals surface area contributed by atoms with Crippen molar-refractivity contribution in [3.05, 3.63) is 64.8 Å².